The van der Waals surface area contributed by atoms with E-state index >= 15 is 0 Å². The zero-order valence-electron chi connectivity index (χ0n) is 13.4. The summed E-state index contributed by atoms with van der Waals surface area (Å²) in [6.07, 6.45) is -3.08. The van der Waals surface area contributed by atoms with Crippen LogP contribution in [0.3, 0.4) is 0 Å². The lowest BCUT2D eigenvalue weighted by molar-refractivity contribution is -0.136. The molecular weight excluding hydrogens is 275 g/mol. The van der Waals surface area contributed by atoms with Gasteiger partial charge in [-0.3, -0.25) is 0 Å². The van der Waals surface area contributed by atoms with Gasteiger partial charge in [0.05, 0.1) is 0 Å². The van der Waals surface area contributed by atoms with Crippen LogP contribution in [0.15, 0.2) is 12.1 Å². The molecule has 0 saturated carbocycles. The third kappa shape index (κ3) is 6.51. The second-order valence-corrected chi connectivity index (χ2v) is 5.89. The van der Waals surface area contributed by atoms with Crippen LogP contribution in [0.4, 0.5) is 13.2 Å². The molecule has 0 spiro atoms. The number of alkyl halides is 3. The maximum absolute atomic E-state index is 12.5. The normalized spacial score (nSPS) is 13.5. The molecule has 0 aliphatic heterocycles. The second kappa shape index (κ2) is 7.83. The van der Waals surface area contributed by atoms with Gasteiger partial charge in [-0.1, -0.05) is 24.6 Å². The van der Waals surface area contributed by atoms with Crippen molar-refractivity contribution in [3.63, 3.8) is 0 Å². The van der Waals surface area contributed by atoms with E-state index in [0.717, 1.165) is 13.0 Å². The first-order chi connectivity index (χ1) is 9.73. The van der Waals surface area contributed by atoms with Crippen molar-refractivity contribution in [2.45, 2.75) is 65.6 Å². The highest BCUT2D eigenvalue weighted by molar-refractivity contribution is 5.38. The van der Waals surface area contributed by atoms with E-state index < -0.39 is 12.6 Å². The molecule has 1 unspecified atom stereocenters. The zero-order valence-corrected chi connectivity index (χ0v) is 13.4. The third-order valence-corrected chi connectivity index (χ3v) is 3.75. The molecule has 0 amide bonds. The molecule has 0 aliphatic carbocycles. The van der Waals surface area contributed by atoms with E-state index in [4.69, 9.17) is 0 Å². The van der Waals surface area contributed by atoms with Crippen LogP contribution >= 0.6 is 0 Å². The van der Waals surface area contributed by atoms with Crippen LogP contribution in [0.5, 0.6) is 0 Å². The maximum Gasteiger partial charge on any atom is 0.389 e. The van der Waals surface area contributed by atoms with Crippen molar-refractivity contribution in [1.29, 1.82) is 0 Å². The Bertz CT molecular complexity index is 429. The average Bonchev–Trinajstić information content (AvgIpc) is 2.34. The molecule has 0 aromatic heterocycles. The number of aryl methyl sites for hydroxylation is 3. The number of hydrogen-bond donors (Lipinski definition) is 1. The summed E-state index contributed by atoms with van der Waals surface area (Å²) in [5.41, 5.74) is 4.71. The summed E-state index contributed by atoms with van der Waals surface area (Å²) in [4.78, 5) is 0. The molecule has 0 radical (unpaired) electrons. The number of hydrogen-bond acceptors (Lipinski definition) is 1. The fraction of sp³-hybridized carbons (Fsp3) is 0.647. The van der Waals surface area contributed by atoms with Crippen LogP contribution in [0.2, 0.25) is 0 Å². The van der Waals surface area contributed by atoms with Gasteiger partial charge in [-0.2, -0.15) is 13.2 Å². The van der Waals surface area contributed by atoms with Crippen molar-refractivity contribution in [1.82, 2.24) is 5.32 Å². The molecular formula is C17H26F3N. The van der Waals surface area contributed by atoms with Gasteiger partial charge in [-0.05, 0) is 63.3 Å². The standard InChI is InChI=1S/C17H26F3N/c1-5-8-21-15(6-7-17(18,19)20)11-16-13(3)9-12(2)10-14(16)4/h9-10,15,21H,5-8,11H2,1-4H3. The number of halogens is 3. The molecule has 0 saturated heterocycles. The molecule has 0 heterocycles. The fourth-order valence-electron chi connectivity index (χ4n) is 2.74. The molecule has 0 fully saturated rings. The molecule has 0 aliphatic rings. The first kappa shape index (κ1) is 18.0. The Morgan fingerprint density at radius 1 is 1.10 bits per heavy atom. The molecule has 1 aromatic rings. The van der Waals surface area contributed by atoms with Gasteiger partial charge in [0.25, 0.3) is 0 Å². The van der Waals surface area contributed by atoms with Crippen molar-refractivity contribution in [3.05, 3.63) is 34.4 Å². The van der Waals surface area contributed by atoms with Gasteiger partial charge in [0, 0.05) is 12.5 Å². The Balaban J connectivity index is 2.80. The van der Waals surface area contributed by atoms with E-state index in [1.165, 1.54) is 22.3 Å². The summed E-state index contributed by atoms with van der Waals surface area (Å²) in [5, 5.41) is 3.26. The SMILES string of the molecule is CCCNC(CCC(F)(F)F)Cc1c(C)cc(C)cc1C. The van der Waals surface area contributed by atoms with Crippen molar-refractivity contribution in [2.75, 3.05) is 6.54 Å². The van der Waals surface area contributed by atoms with E-state index in [9.17, 15) is 13.2 Å². The minimum atomic E-state index is -4.08. The molecule has 21 heavy (non-hydrogen) atoms. The molecule has 1 nitrogen and oxygen atoms in total. The molecule has 120 valence electrons. The average molecular weight is 301 g/mol. The van der Waals surface area contributed by atoms with Crippen molar-refractivity contribution >= 4 is 0 Å². The zero-order chi connectivity index (χ0) is 16.0. The van der Waals surface area contributed by atoms with Crippen molar-refractivity contribution in [3.8, 4) is 0 Å². The van der Waals surface area contributed by atoms with Gasteiger partial charge in [0.15, 0.2) is 0 Å². The molecule has 1 aromatic carbocycles. The van der Waals surface area contributed by atoms with E-state index in [-0.39, 0.29) is 12.5 Å². The molecule has 4 heteroatoms. The van der Waals surface area contributed by atoms with Gasteiger partial charge in [0.1, 0.15) is 0 Å². The highest BCUT2D eigenvalue weighted by Crippen LogP contribution is 2.25. The van der Waals surface area contributed by atoms with Crippen LogP contribution in [-0.4, -0.2) is 18.8 Å². The van der Waals surface area contributed by atoms with Crippen LogP contribution in [0.1, 0.15) is 48.4 Å². The third-order valence-electron chi connectivity index (χ3n) is 3.75. The Kier molecular flexibility index (Phi) is 6.72. The van der Waals surface area contributed by atoms with Crippen LogP contribution in [-0.2, 0) is 6.42 Å². The van der Waals surface area contributed by atoms with E-state index in [1.807, 2.05) is 27.7 Å². The topological polar surface area (TPSA) is 12.0 Å². The summed E-state index contributed by atoms with van der Waals surface area (Å²) < 4.78 is 37.4. The molecule has 0 bridgehead atoms. The summed E-state index contributed by atoms with van der Waals surface area (Å²) in [6.45, 7) is 8.90. The number of nitrogens with one attached hydrogen (secondary N) is 1. The lowest BCUT2D eigenvalue weighted by Crippen LogP contribution is -2.33. The van der Waals surface area contributed by atoms with Gasteiger partial charge in [-0.15, -0.1) is 0 Å². The van der Waals surface area contributed by atoms with E-state index in [1.54, 1.807) is 0 Å². The number of rotatable bonds is 7. The lowest BCUT2D eigenvalue weighted by Gasteiger charge is -2.22. The van der Waals surface area contributed by atoms with Crippen LogP contribution < -0.4 is 5.32 Å². The monoisotopic (exact) mass is 301 g/mol. The van der Waals surface area contributed by atoms with Crippen LogP contribution in [0.25, 0.3) is 0 Å². The number of benzene rings is 1. The first-order valence-electron chi connectivity index (χ1n) is 7.59. The van der Waals surface area contributed by atoms with Crippen molar-refractivity contribution < 1.29 is 13.2 Å². The highest BCUT2D eigenvalue weighted by atomic mass is 19.4. The van der Waals surface area contributed by atoms with Crippen LogP contribution in [0, 0.1) is 20.8 Å². The van der Waals surface area contributed by atoms with Gasteiger partial charge >= 0.3 is 6.18 Å². The van der Waals surface area contributed by atoms with Gasteiger partial charge < -0.3 is 5.32 Å². The first-order valence-corrected chi connectivity index (χ1v) is 7.59. The minimum absolute atomic E-state index is 0.119. The summed E-state index contributed by atoms with van der Waals surface area (Å²) >= 11 is 0. The second-order valence-electron chi connectivity index (χ2n) is 5.89. The van der Waals surface area contributed by atoms with E-state index in [2.05, 4.69) is 17.4 Å². The summed E-state index contributed by atoms with van der Waals surface area (Å²) in [5.74, 6) is 0. The minimum Gasteiger partial charge on any atom is -0.314 e. The molecule has 1 N–H and O–H groups in total. The predicted octanol–water partition coefficient (Wildman–Crippen LogP) is 4.87. The Morgan fingerprint density at radius 3 is 2.14 bits per heavy atom. The van der Waals surface area contributed by atoms with Crippen molar-refractivity contribution in [2.24, 2.45) is 0 Å². The summed E-state index contributed by atoms with van der Waals surface area (Å²) in [7, 11) is 0. The van der Waals surface area contributed by atoms with Gasteiger partial charge in [-0.25, -0.2) is 0 Å². The predicted molar refractivity (Wildman–Crippen MR) is 81.7 cm³/mol. The fourth-order valence-corrected chi connectivity index (χ4v) is 2.74. The molecule has 1 atom stereocenters. The maximum atomic E-state index is 12.5. The lowest BCUT2D eigenvalue weighted by atomic mass is 9.92. The van der Waals surface area contributed by atoms with E-state index in [0.29, 0.717) is 6.42 Å². The quantitative estimate of drug-likeness (QED) is 0.758. The highest BCUT2D eigenvalue weighted by Gasteiger charge is 2.28. The molecule has 1 rings (SSSR count). The Hall–Kier alpha value is -1.03. The summed E-state index contributed by atoms with van der Waals surface area (Å²) in [6, 6.07) is 4.08. The largest absolute Gasteiger partial charge is 0.389 e. The van der Waals surface area contributed by atoms with Gasteiger partial charge in [0.2, 0.25) is 0 Å². The Labute approximate surface area is 125 Å². The Morgan fingerprint density at radius 2 is 1.67 bits per heavy atom. The smallest absolute Gasteiger partial charge is 0.314 e.